The number of rotatable bonds is 8. The third-order valence-corrected chi connectivity index (χ3v) is 13.9. The third-order valence-electron chi connectivity index (χ3n) is 13.9. The molecule has 0 spiro atoms. The predicted molar refractivity (Wildman–Crippen MR) is 311 cm³/mol. The summed E-state index contributed by atoms with van der Waals surface area (Å²) >= 11 is 0. The van der Waals surface area contributed by atoms with Crippen molar-refractivity contribution in [2.75, 3.05) is 9.80 Å². The van der Waals surface area contributed by atoms with E-state index in [9.17, 15) is 27.4 Å². The molecule has 9 aromatic carbocycles. The zero-order valence-electron chi connectivity index (χ0n) is 61.7. The first kappa shape index (κ1) is 27.7. The summed E-state index contributed by atoms with van der Waals surface area (Å²) in [4.78, 5) is 2.72. The van der Waals surface area contributed by atoms with E-state index in [4.69, 9.17) is 0 Å². The molecule has 0 unspecified atom stereocenters. The van der Waals surface area contributed by atoms with Crippen LogP contribution in [0.25, 0.3) is 76.2 Å². The average molecular weight is 955 g/mol. The van der Waals surface area contributed by atoms with Crippen LogP contribution in [-0.2, 0) is 10.8 Å². The molecular weight excluding hydrogens is 873 g/mol. The Morgan fingerprint density at radius 2 is 0.764 bits per heavy atom. The molecule has 0 bridgehead atoms. The Hall–Kier alpha value is -7.82. The maximum Gasteiger partial charge on any atom is 0.0653 e. The van der Waals surface area contributed by atoms with E-state index < -0.39 is 95.2 Å². The van der Waals surface area contributed by atoms with Gasteiger partial charge in [-0.25, -0.2) is 0 Å². The van der Waals surface area contributed by atoms with Crippen LogP contribution in [-0.4, -0.2) is 8.80 Å². The number of para-hydroxylation sites is 4. The van der Waals surface area contributed by atoms with Crippen molar-refractivity contribution in [3.8, 4) is 0 Å². The Kier molecular flexibility index (Phi) is 6.09. The summed E-state index contributed by atoms with van der Waals surface area (Å²) in [5.74, 6) is -0.900. The average Bonchev–Trinajstić information content (AvgIpc) is 1.48. The van der Waals surface area contributed by atoms with Crippen LogP contribution in [0, 0.1) is 0 Å². The van der Waals surface area contributed by atoms with Gasteiger partial charge in [-0.2, -0.15) is 0 Å². The maximum atomic E-state index is 10.9. The van der Waals surface area contributed by atoms with E-state index in [1.165, 1.54) is 9.80 Å². The molecule has 13 aromatic rings. The predicted octanol–water partition coefficient (Wildman–Crippen LogP) is 19.8. The van der Waals surface area contributed by atoms with Gasteiger partial charge < -0.3 is 18.6 Å². The molecule has 0 radical (unpaired) electrons. The lowest BCUT2D eigenvalue weighted by molar-refractivity contribution is 0.594. The summed E-state index contributed by atoms with van der Waals surface area (Å²) in [6.45, 7) is 17.9. The van der Waals surface area contributed by atoms with Gasteiger partial charge in [0.25, 0.3) is 0 Å². The Morgan fingerprint density at radius 1 is 0.389 bits per heavy atom. The highest BCUT2D eigenvalue weighted by Crippen LogP contribution is 2.53. The Labute approximate surface area is 451 Å². The van der Waals surface area contributed by atoms with Crippen LogP contribution in [0.4, 0.5) is 34.1 Å². The van der Waals surface area contributed by atoms with Crippen molar-refractivity contribution in [3.05, 3.63) is 204 Å². The number of nitrogens with zero attached hydrogens (tertiary/aromatic N) is 4. The number of fused-ring (bicyclic) bond motifs is 12. The number of aromatic nitrogens is 2. The second-order valence-corrected chi connectivity index (χ2v) is 21.4. The molecule has 13 rings (SSSR count). The summed E-state index contributed by atoms with van der Waals surface area (Å²) in [5.41, 5.74) is -1.74. The minimum atomic E-state index is -1.05. The van der Waals surface area contributed by atoms with Crippen molar-refractivity contribution in [3.63, 3.8) is 0 Å². The van der Waals surface area contributed by atoms with E-state index in [1.54, 1.807) is 97.2 Å². The summed E-state index contributed by atoms with van der Waals surface area (Å²) < 4.78 is 201. The molecule has 0 atom stereocenters. The quantitative estimate of drug-likeness (QED) is 0.151. The fraction of sp³-hybridized carbons (Fsp3) is 0.206. The molecule has 4 heterocycles. The largest absolute Gasteiger partial charge is 0.310 e. The highest BCUT2D eigenvalue weighted by Gasteiger charge is 2.31. The third kappa shape index (κ3) is 6.43. The van der Waals surface area contributed by atoms with E-state index >= 15 is 0 Å². The van der Waals surface area contributed by atoms with E-state index in [0.717, 1.165) is 0 Å². The van der Waals surface area contributed by atoms with Gasteiger partial charge in [-0.1, -0.05) is 178 Å². The fourth-order valence-electron chi connectivity index (χ4n) is 10.4. The summed E-state index contributed by atoms with van der Waals surface area (Å²) in [6, 6.07) is 7.81. The van der Waals surface area contributed by atoms with Crippen LogP contribution in [0.2, 0.25) is 0 Å². The minimum Gasteiger partial charge on any atom is -0.310 e. The van der Waals surface area contributed by atoms with Crippen LogP contribution < -0.4 is 9.80 Å². The van der Waals surface area contributed by atoms with Gasteiger partial charge in [0.2, 0.25) is 0 Å². The minimum absolute atomic E-state index is 0.00426. The number of hydrogen-bond acceptors (Lipinski definition) is 2. The molecule has 0 saturated heterocycles. The van der Waals surface area contributed by atoms with Crippen molar-refractivity contribution in [2.45, 2.75) is 91.9 Å². The van der Waals surface area contributed by atoms with Gasteiger partial charge in [0, 0.05) is 65.8 Å². The summed E-state index contributed by atoms with van der Waals surface area (Å²) in [6.07, 6.45) is 0. The number of hydrogen-bond donors (Lipinski definition) is 0. The van der Waals surface area contributed by atoms with Crippen molar-refractivity contribution in [2.24, 2.45) is 0 Å². The standard InChI is InChI=1S/C68H62N4/c1-41(2)43-27-31-47(32-28-43)69(45-19-13-11-14-20-45)57-37-35-49-53-39-60-54(40-59(53)71-63-51(61(57)65(49)71)23-17-25-55(63)67(5,6)7)50-36-38-58(62-52-24-18-26-56(68(8,9)10)64(52)72(60)66(50)62)70(46-21-15-12-16-22-46)48-33-29-44(30-34-48)42(3)4/h11-42H,1-10H3/i17D,18D,23D,24D,25D,26D,27D,28D,29D,30D,31D,32D,33D,34D,35D,36D,37D,38D,39D,40D. The summed E-state index contributed by atoms with van der Waals surface area (Å²) in [7, 11) is 0. The Morgan fingerprint density at radius 3 is 1.11 bits per heavy atom. The molecule has 4 heteroatoms. The first-order valence-corrected chi connectivity index (χ1v) is 24.4. The van der Waals surface area contributed by atoms with E-state index in [-0.39, 0.29) is 181 Å². The first-order valence-electron chi connectivity index (χ1n) is 34.4. The molecule has 0 aliphatic carbocycles. The van der Waals surface area contributed by atoms with Gasteiger partial charge in [0.1, 0.15) is 0 Å². The molecular formula is C68H62N4. The van der Waals surface area contributed by atoms with Crippen LogP contribution in [0.5, 0.6) is 0 Å². The van der Waals surface area contributed by atoms with E-state index in [2.05, 4.69) is 0 Å². The Bertz CT molecular complexity index is 5040. The second kappa shape index (κ2) is 15.8. The lowest BCUT2D eigenvalue weighted by Gasteiger charge is -2.27. The fourth-order valence-corrected chi connectivity index (χ4v) is 10.4. The van der Waals surface area contributed by atoms with Crippen molar-refractivity contribution < 1.29 is 27.4 Å². The molecule has 0 aliphatic heterocycles. The van der Waals surface area contributed by atoms with Gasteiger partial charge in [0.15, 0.2) is 0 Å². The molecule has 0 aliphatic rings. The van der Waals surface area contributed by atoms with Gasteiger partial charge in [-0.15, -0.1) is 0 Å². The summed E-state index contributed by atoms with van der Waals surface area (Å²) in [5, 5.41) is -0.361. The van der Waals surface area contributed by atoms with E-state index in [0.29, 0.717) is 0 Å². The Balaban J connectivity index is 1.34. The topological polar surface area (TPSA) is 15.3 Å². The van der Waals surface area contributed by atoms with Crippen molar-refractivity contribution in [1.29, 1.82) is 0 Å². The normalized spacial score (nSPS) is 16.7. The van der Waals surface area contributed by atoms with Crippen LogP contribution in [0.1, 0.15) is 131 Å². The molecule has 0 amide bonds. The zero-order chi connectivity index (χ0) is 66.9. The second-order valence-electron chi connectivity index (χ2n) is 21.4. The molecule has 4 aromatic heterocycles. The van der Waals surface area contributed by atoms with Crippen LogP contribution >= 0.6 is 0 Å². The zero-order valence-corrected chi connectivity index (χ0v) is 41.7. The molecule has 72 heavy (non-hydrogen) atoms. The lowest BCUT2D eigenvalue weighted by Crippen LogP contribution is -2.12. The number of anilines is 6. The molecule has 354 valence electrons. The first-order chi connectivity index (χ1) is 43.1. The van der Waals surface area contributed by atoms with Crippen molar-refractivity contribution >= 4 is 110 Å². The van der Waals surface area contributed by atoms with Crippen molar-refractivity contribution in [1.82, 2.24) is 8.80 Å². The monoisotopic (exact) mass is 955 g/mol. The molecule has 4 nitrogen and oxygen atoms in total. The number of benzene rings is 9. The SMILES string of the molecule is [2H]c1c([2H])c(N(c2ccccc2)c2c([2H])c([2H])c3c4c([2H])c5c(c([2H])c4n4c6c(C(C)(C)C)c([2H])c([2H])c([2H])c6c2c34)c2c([2H])c([2H])c(N(c3ccccc3)c3c([2H])c([2H])c(C(C)C)c([2H])c3[2H])c3c4c([2H])c([2H])c([2H])c(C(C)(C)C)c4n5c23)c([2H])c([2H])c1C(C)C. The van der Waals surface area contributed by atoms with Crippen LogP contribution in [0.15, 0.2) is 182 Å². The highest BCUT2D eigenvalue weighted by atomic mass is 15.2. The molecule has 0 fully saturated rings. The molecule has 0 N–H and O–H groups in total. The lowest BCUT2D eigenvalue weighted by atomic mass is 9.85. The van der Waals surface area contributed by atoms with Gasteiger partial charge in [-0.3, -0.25) is 0 Å². The smallest absolute Gasteiger partial charge is 0.0653 e. The highest BCUT2D eigenvalue weighted by molar-refractivity contribution is 6.32. The van der Waals surface area contributed by atoms with E-state index in [1.807, 2.05) is 41.5 Å². The van der Waals surface area contributed by atoms with Crippen LogP contribution in [0.3, 0.4) is 0 Å². The van der Waals surface area contributed by atoms with Gasteiger partial charge in [0.05, 0.1) is 71.9 Å². The maximum absolute atomic E-state index is 10.9. The van der Waals surface area contributed by atoms with Gasteiger partial charge in [-0.05, 0) is 118 Å². The van der Waals surface area contributed by atoms with Gasteiger partial charge >= 0.3 is 0 Å². The molecule has 0 saturated carbocycles.